The molecule has 0 atom stereocenters. The number of carbonyl (C=O) groups is 1. The maximum atomic E-state index is 12.9. The monoisotopic (exact) mass is 349 g/mol. The van der Waals surface area contributed by atoms with Gasteiger partial charge in [-0.3, -0.25) is 4.79 Å². The van der Waals surface area contributed by atoms with E-state index in [0.717, 1.165) is 44.1 Å². The number of fused-ring (bicyclic) bond motifs is 1. The molecular formula is C21H23N3O2. The highest BCUT2D eigenvalue weighted by molar-refractivity contribution is 6.07. The minimum Gasteiger partial charge on any atom is -0.378 e. The molecule has 134 valence electrons. The molecule has 0 aliphatic carbocycles. The number of ether oxygens (including phenoxy) is 1. The molecule has 5 nitrogen and oxygen atoms in total. The topological polar surface area (TPSA) is 44.8 Å². The third kappa shape index (κ3) is 3.30. The molecule has 4 rings (SSSR count). The van der Waals surface area contributed by atoms with Crippen molar-refractivity contribution in [1.82, 2.24) is 0 Å². The van der Waals surface area contributed by atoms with Crippen LogP contribution < -0.4 is 15.1 Å². The van der Waals surface area contributed by atoms with E-state index in [9.17, 15) is 4.79 Å². The average Bonchev–Trinajstić information content (AvgIpc) is 2.73. The zero-order valence-corrected chi connectivity index (χ0v) is 14.9. The van der Waals surface area contributed by atoms with Crippen LogP contribution in [0.25, 0.3) is 0 Å². The Labute approximate surface area is 153 Å². The Bertz CT molecular complexity index is 823. The number of amides is 1. The Hall–Kier alpha value is -2.79. The average molecular weight is 349 g/mol. The summed E-state index contributed by atoms with van der Waals surface area (Å²) in [6.45, 7) is 3.34. The summed E-state index contributed by atoms with van der Waals surface area (Å²) in [4.78, 5) is 16.9. The number of allylic oxidation sites excluding steroid dienone is 1. The van der Waals surface area contributed by atoms with E-state index in [-0.39, 0.29) is 5.91 Å². The molecule has 2 aliphatic rings. The SMILES string of the molecule is CN(C(=O)C1=CCc2ccccc2N1)c1ccc(N2CCOCC2)cc1. The summed E-state index contributed by atoms with van der Waals surface area (Å²) in [5.41, 5.74) is 4.90. The molecule has 0 bridgehead atoms. The molecule has 2 aromatic carbocycles. The Kier molecular flexibility index (Phi) is 4.63. The first kappa shape index (κ1) is 16.7. The van der Waals surface area contributed by atoms with Gasteiger partial charge in [-0.05, 0) is 42.3 Å². The highest BCUT2D eigenvalue weighted by atomic mass is 16.5. The van der Waals surface area contributed by atoms with E-state index < -0.39 is 0 Å². The van der Waals surface area contributed by atoms with Crippen molar-refractivity contribution in [2.75, 3.05) is 48.5 Å². The first-order valence-electron chi connectivity index (χ1n) is 8.98. The zero-order chi connectivity index (χ0) is 17.9. The summed E-state index contributed by atoms with van der Waals surface area (Å²) in [5, 5.41) is 3.26. The van der Waals surface area contributed by atoms with Crippen LogP contribution in [0.2, 0.25) is 0 Å². The highest BCUT2D eigenvalue weighted by Gasteiger charge is 2.20. The van der Waals surface area contributed by atoms with Crippen molar-refractivity contribution in [2.45, 2.75) is 6.42 Å². The van der Waals surface area contributed by atoms with Crippen molar-refractivity contribution in [3.05, 3.63) is 65.9 Å². The number of morpholine rings is 1. The highest BCUT2D eigenvalue weighted by Crippen LogP contribution is 2.26. The van der Waals surface area contributed by atoms with Crippen LogP contribution in [0.5, 0.6) is 0 Å². The Morgan fingerprint density at radius 1 is 1.08 bits per heavy atom. The molecule has 1 fully saturated rings. The third-order valence-electron chi connectivity index (χ3n) is 4.96. The molecule has 26 heavy (non-hydrogen) atoms. The van der Waals surface area contributed by atoms with Crippen LogP contribution in [0, 0.1) is 0 Å². The number of anilines is 3. The number of nitrogens with one attached hydrogen (secondary N) is 1. The lowest BCUT2D eigenvalue weighted by Crippen LogP contribution is -2.36. The fourth-order valence-corrected chi connectivity index (χ4v) is 3.38. The normalized spacial score (nSPS) is 16.3. The molecule has 1 amide bonds. The second-order valence-electron chi connectivity index (χ2n) is 6.58. The molecular weight excluding hydrogens is 326 g/mol. The molecule has 0 unspecified atom stereocenters. The lowest BCUT2D eigenvalue weighted by Gasteiger charge is -2.29. The van der Waals surface area contributed by atoms with Gasteiger partial charge in [-0.1, -0.05) is 24.3 Å². The molecule has 0 radical (unpaired) electrons. The predicted octanol–water partition coefficient (Wildman–Crippen LogP) is 3.04. The van der Waals surface area contributed by atoms with Crippen LogP contribution in [-0.4, -0.2) is 39.3 Å². The first-order valence-corrected chi connectivity index (χ1v) is 8.98. The van der Waals surface area contributed by atoms with E-state index >= 15 is 0 Å². The molecule has 5 heteroatoms. The second-order valence-corrected chi connectivity index (χ2v) is 6.58. The fourth-order valence-electron chi connectivity index (χ4n) is 3.38. The zero-order valence-electron chi connectivity index (χ0n) is 14.9. The molecule has 0 saturated carbocycles. The van der Waals surface area contributed by atoms with Crippen LogP contribution in [0.3, 0.4) is 0 Å². The number of rotatable bonds is 3. The van der Waals surface area contributed by atoms with Gasteiger partial charge < -0.3 is 19.9 Å². The lowest BCUT2D eigenvalue weighted by atomic mass is 10.0. The standard InChI is InChI=1S/C21H23N3O2/c1-23(17-7-9-18(10-8-17)24-12-14-26-15-13-24)21(25)20-11-6-16-4-2-3-5-19(16)22-20/h2-5,7-11,22H,6,12-15H2,1H3. The van der Waals surface area contributed by atoms with E-state index in [0.29, 0.717) is 5.70 Å². The van der Waals surface area contributed by atoms with Crippen molar-refractivity contribution in [3.63, 3.8) is 0 Å². The van der Waals surface area contributed by atoms with E-state index in [2.05, 4.69) is 28.4 Å². The van der Waals surface area contributed by atoms with Gasteiger partial charge >= 0.3 is 0 Å². The quantitative estimate of drug-likeness (QED) is 0.925. The van der Waals surface area contributed by atoms with Crippen LogP contribution in [0.4, 0.5) is 17.1 Å². The van der Waals surface area contributed by atoms with Gasteiger partial charge in [-0.15, -0.1) is 0 Å². The van der Waals surface area contributed by atoms with Crippen molar-refractivity contribution in [1.29, 1.82) is 0 Å². The van der Waals surface area contributed by atoms with Gasteiger partial charge in [0.05, 0.1) is 13.2 Å². The summed E-state index contributed by atoms with van der Waals surface area (Å²) in [5.74, 6) is -0.0291. The predicted molar refractivity (Wildman–Crippen MR) is 105 cm³/mol. The first-order chi connectivity index (χ1) is 12.7. The van der Waals surface area contributed by atoms with Gasteiger partial charge in [0.25, 0.3) is 5.91 Å². The maximum Gasteiger partial charge on any atom is 0.274 e. The fraction of sp³-hybridized carbons (Fsp3) is 0.286. The second kappa shape index (κ2) is 7.22. The lowest BCUT2D eigenvalue weighted by molar-refractivity contribution is -0.114. The molecule has 1 N–H and O–H groups in total. The third-order valence-corrected chi connectivity index (χ3v) is 4.96. The number of hydrogen-bond donors (Lipinski definition) is 1. The van der Waals surface area contributed by atoms with Crippen LogP contribution in [0.1, 0.15) is 5.56 Å². The van der Waals surface area contributed by atoms with Crippen molar-refractivity contribution in [2.24, 2.45) is 0 Å². The number of likely N-dealkylation sites (N-methyl/N-ethyl adjacent to an activating group) is 1. The van der Waals surface area contributed by atoms with E-state index in [4.69, 9.17) is 4.74 Å². The van der Waals surface area contributed by atoms with E-state index in [1.54, 1.807) is 4.90 Å². The van der Waals surface area contributed by atoms with Gasteiger partial charge in [0, 0.05) is 37.2 Å². The number of nitrogens with zero attached hydrogens (tertiary/aromatic N) is 2. The largest absolute Gasteiger partial charge is 0.378 e. The number of carbonyl (C=O) groups excluding carboxylic acids is 1. The molecule has 2 aliphatic heterocycles. The van der Waals surface area contributed by atoms with Gasteiger partial charge in [0.2, 0.25) is 0 Å². The Morgan fingerprint density at radius 2 is 1.81 bits per heavy atom. The van der Waals surface area contributed by atoms with E-state index in [1.165, 1.54) is 11.3 Å². The van der Waals surface area contributed by atoms with Gasteiger partial charge in [0.15, 0.2) is 0 Å². The minimum absolute atomic E-state index is 0.0291. The van der Waals surface area contributed by atoms with Crippen LogP contribution in [-0.2, 0) is 16.0 Å². The Balaban J connectivity index is 1.46. The number of benzene rings is 2. The summed E-state index contributed by atoms with van der Waals surface area (Å²) >= 11 is 0. The summed E-state index contributed by atoms with van der Waals surface area (Å²) < 4.78 is 5.40. The summed E-state index contributed by atoms with van der Waals surface area (Å²) in [6, 6.07) is 16.2. The Morgan fingerprint density at radius 3 is 2.58 bits per heavy atom. The van der Waals surface area contributed by atoms with E-state index in [1.807, 2.05) is 43.5 Å². The van der Waals surface area contributed by atoms with Gasteiger partial charge in [0.1, 0.15) is 5.70 Å². The smallest absolute Gasteiger partial charge is 0.274 e. The van der Waals surface area contributed by atoms with Gasteiger partial charge in [-0.2, -0.15) is 0 Å². The molecule has 2 heterocycles. The molecule has 1 saturated heterocycles. The van der Waals surface area contributed by atoms with Gasteiger partial charge in [-0.25, -0.2) is 0 Å². The summed E-state index contributed by atoms with van der Waals surface area (Å²) in [7, 11) is 1.81. The van der Waals surface area contributed by atoms with Crippen LogP contribution >= 0.6 is 0 Å². The molecule has 0 aromatic heterocycles. The molecule has 2 aromatic rings. The number of hydrogen-bond acceptors (Lipinski definition) is 4. The minimum atomic E-state index is -0.0291. The van der Waals surface area contributed by atoms with Crippen molar-refractivity contribution >= 4 is 23.0 Å². The number of para-hydroxylation sites is 1. The van der Waals surface area contributed by atoms with Crippen LogP contribution in [0.15, 0.2) is 60.3 Å². The summed E-state index contributed by atoms with van der Waals surface area (Å²) in [6.07, 6.45) is 2.73. The maximum absolute atomic E-state index is 12.9. The molecule has 0 spiro atoms. The van der Waals surface area contributed by atoms with Crippen molar-refractivity contribution < 1.29 is 9.53 Å². The van der Waals surface area contributed by atoms with Crippen molar-refractivity contribution in [3.8, 4) is 0 Å².